The number of benzene rings is 1. The van der Waals surface area contributed by atoms with E-state index < -0.39 is 5.60 Å². The summed E-state index contributed by atoms with van der Waals surface area (Å²) in [5.74, 6) is 0.870. The van der Waals surface area contributed by atoms with Crippen LogP contribution in [-0.2, 0) is 5.60 Å². The smallest absolute Gasteiger partial charge is 0.129 e. The molecule has 2 aromatic rings. The van der Waals surface area contributed by atoms with Crippen molar-refractivity contribution in [3.8, 4) is 0 Å². The Morgan fingerprint density at radius 3 is 2.55 bits per heavy atom. The SMILES string of the molecule is NC1CC(O)(c2ccccc2)CCN1c1ccccn1. The van der Waals surface area contributed by atoms with E-state index in [4.69, 9.17) is 5.73 Å². The third kappa shape index (κ3) is 2.40. The van der Waals surface area contributed by atoms with E-state index in [1.807, 2.05) is 48.5 Å². The van der Waals surface area contributed by atoms with Gasteiger partial charge in [-0.15, -0.1) is 0 Å². The predicted molar refractivity (Wildman–Crippen MR) is 79.1 cm³/mol. The van der Waals surface area contributed by atoms with Gasteiger partial charge >= 0.3 is 0 Å². The molecule has 1 aliphatic rings. The molecule has 0 amide bonds. The lowest BCUT2D eigenvalue weighted by Gasteiger charge is -2.43. The molecule has 2 heterocycles. The zero-order chi connectivity index (χ0) is 14.0. The van der Waals surface area contributed by atoms with Gasteiger partial charge in [0.15, 0.2) is 0 Å². The Morgan fingerprint density at radius 1 is 1.15 bits per heavy atom. The number of rotatable bonds is 2. The standard InChI is InChI=1S/C16H19N3O/c17-14-12-16(20,13-6-2-1-3-7-13)9-11-19(14)15-8-4-5-10-18-15/h1-8,10,14,20H,9,11-12,17H2. The van der Waals surface area contributed by atoms with Crippen LogP contribution in [0.2, 0.25) is 0 Å². The van der Waals surface area contributed by atoms with Crippen LogP contribution in [0.25, 0.3) is 0 Å². The van der Waals surface area contributed by atoms with Crippen molar-refractivity contribution in [2.75, 3.05) is 11.4 Å². The molecular weight excluding hydrogens is 250 g/mol. The van der Waals surface area contributed by atoms with Crippen LogP contribution in [0.3, 0.4) is 0 Å². The first kappa shape index (κ1) is 13.1. The van der Waals surface area contributed by atoms with Crippen LogP contribution in [0, 0.1) is 0 Å². The molecule has 0 bridgehead atoms. The number of aromatic nitrogens is 1. The second kappa shape index (κ2) is 5.23. The largest absolute Gasteiger partial charge is 0.385 e. The molecule has 0 saturated carbocycles. The highest BCUT2D eigenvalue weighted by atomic mass is 16.3. The van der Waals surface area contributed by atoms with Crippen LogP contribution in [0.4, 0.5) is 5.82 Å². The van der Waals surface area contributed by atoms with Gasteiger partial charge in [0, 0.05) is 19.2 Å². The second-order valence-corrected chi connectivity index (χ2v) is 5.30. The fourth-order valence-corrected chi connectivity index (χ4v) is 2.85. The van der Waals surface area contributed by atoms with Gasteiger partial charge in [-0.05, 0) is 24.1 Å². The van der Waals surface area contributed by atoms with E-state index in [-0.39, 0.29) is 6.17 Å². The maximum absolute atomic E-state index is 10.9. The molecule has 104 valence electrons. The van der Waals surface area contributed by atoms with E-state index in [1.165, 1.54) is 0 Å². The van der Waals surface area contributed by atoms with Crippen molar-refractivity contribution >= 4 is 5.82 Å². The molecule has 1 aromatic heterocycles. The fraction of sp³-hybridized carbons (Fsp3) is 0.312. The molecule has 1 aliphatic heterocycles. The summed E-state index contributed by atoms with van der Waals surface area (Å²) >= 11 is 0. The number of nitrogens with two attached hydrogens (primary N) is 1. The van der Waals surface area contributed by atoms with Gasteiger partial charge in [-0.3, -0.25) is 0 Å². The van der Waals surface area contributed by atoms with Crippen molar-refractivity contribution in [1.82, 2.24) is 4.98 Å². The Labute approximate surface area is 118 Å². The monoisotopic (exact) mass is 269 g/mol. The van der Waals surface area contributed by atoms with E-state index in [2.05, 4.69) is 9.88 Å². The summed E-state index contributed by atoms with van der Waals surface area (Å²) in [6.45, 7) is 0.698. The normalized spacial score (nSPS) is 26.5. The van der Waals surface area contributed by atoms with Crippen molar-refractivity contribution < 1.29 is 5.11 Å². The first-order chi connectivity index (χ1) is 9.69. The number of pyridine rings is 1. The summed E-state index contributed by atoms with van der Waals surface area (Å²) in [6, 6.07) is 15.6. The highest BCUT2D eigenvalue weighted by Crippen LogP contribution is 2.35. The van der Waals surface area contributed by atoms with Gasteiger partial charge in [-0.25, -0.2) is 4.98 Å². The van der Waals surface area contributed by atoms with Gasteiger partial charge in [-0.2, -0.15) is 0 Å². The van der Waals surface area contributed by atoms with Gasteiger partial charge in [0.1, 0.15) is 5.82 Å². The zero-order valence-corrected chi connectivity index (χ0v) is 11.3. The topological polar surface area (TPSA) is 62.4 Å². The average molecular weight is 269 g/mol. The van der Waals surface area contributed by atoms with Gasteiger partial charge in [0.05, 0.1) is 11.8 Å². The molecular formula is C16H19N3O. The number of hydrogen-bond acceptors (Lipinski definition) is 4. The van der Waals surface area contributed by atoms with Crippen LogP contribution in [0.15, 0.2) is 54.7 Å². The molecule has 3 rings (SSSR count). The van der Waals surface area contributed by atoms with Crippen LogP contribution in [0.5, 0.6) is 0 Å². The van der Waals surface area contributed by atoms with E-state index in [9.17, 15) is 5.11 Å². The summed E-state index contributed by atoms with van der Waals surface area (Å²) in [4.78, 5) is 6.39. The second-order valence-electron chi connectivity index (χ2n) is 5.30. The molecule has 1 aromatic carbocycles. The number of nitrogens with zero attached hydrogens (tertiary/aromatic N) is 2. The number of aliphatic hydroxyl groups is 1. The highest BCUT2D eigenvalue weighted by Gasteiger charge is 2.38. The average Bonchev–Trinajstić information content (AvgIpc) is 2.49. The van der Waals surface area contributed by atoms with Crippen molar-refractivity contribution in [3.63, 3.8) is 0 Å². The molecule has 2 atom stereocenters. The summed E-state index contributed by atoms with van der Waals surface area (Å²) in [5.41, 5.74) is 6.35. The van der Waals surface area contributed by atoms with Gasteiger partial charge < -0.3 is 15.7 Å². The van der Waals surface area contributed by atoms with Crippen LogP contribution < -0.4 is 10.6 Å². The minimum Gasteiger partial charge on any atom is -0.385 e. The Morgan fingerprint density at radius 2 is 1.90 bits per heavy atom. The third-order valence-corrected chi connectivity index (χ3v) is 3.97. The fourth-order valence-electron chi connectivity index (χ4n) is 2.85. The van der Waals surface area contributed by atoms with Gasteiger partial charge in [-0.1, -0.05) is 36.4 Å². The highest BCUT2D eigenvalue weighted by molar-refractivity contribution is 5.40. The lowest BCUT2D eigenvalue weighted by molar-refractivity contribution is -0.000370. The van der Waals surface area contributed by atoms with Crippen LogP contribution in [0.1, 0.15) is 18.4 Å². The molecule has 0 radical (unpaired) electrons. The first-order valence-corrected chi connectivity index (χ1v) is 6.90. The summed E-state index contributed by atoms with van der Waals surface area (Å²) in [7, 11) is 0. The molecule has 3 N–H and O–H groups in total. The molecule has 0 aliphatic carbocycles. The Bertz CT molecular complexity index is 560. The summed E-state index contributed by atoms with van der Waals surface area (Å²) in [6.07, 6.45) is 2.69. The predicted octanol–water partition coefficient (Wildman–Crippen LogP) is 1.85. The summed E-state index contributed by atoms with van der Waals surface area (Å²) < 4.78 is 0. The van der Waals surface area contributed by atoms with E-state index in [0.29, 0.717) is 19.4 Å². The Hall–Kier alpha value is -1.91. The minimum atomic E-state index is -0.841. The lowest BCUT2D eigenvalue weighted by atomic mass is 9.83. The quantitative estimate of drug-likeness (QED) is 0.873. The van der Waals surface area contributed by atoms with Gasteiger partial charge in [0.2, 0.25) is 0 Å². The zero-order valence-electron chi connectivity index (χ0n) is 11.3. The first-order valence-electron chi connectivity index (χ1n) is 6.90. The van der Waals surface area contributed by atoms with Crippen LogP contribution >= 0.6 is 0 Å². The summed E-state index contributed by atoms with van der Waals surface area (Å²) in [5, 5.41) is 10.9. The van der Waals surface area contributed by atoms with Gasteiger partial charge in [0.25, 0.3) is 0 Å². The Kier molecular flexibility index (Phi) is 3.42. The maximum atomic E-state index is 10.9. The molecule has 2 unspecified atom stereocenters. The number of anilines is 1. The van der Waals surface area contributed by atoms with E-state index in [0.717, 1.165) is 11.4 Å². The molecule has 1 fully saturated rings. The number of hydrogen-bond donors (Lipinski definition) is 2. The Balaban J connectivity index is 1.80. The van der Waals surface area contributed by atoms with Crippen molar-refractivity contribution in [2.45, 2.75) is 24.6 Å². The van der Waals surface area contributed by atoms with Crippen molar-refractivity contribution in [2.24, 2.45) is 5.73 Å². The maximum Gasteiger partial charge on any atom is 0.129 e. The third-order valence-electron chi connectivity index (χ3n) is 3.97. The molecule has 4 heteroatoms. The number of piperidine rings is 1. The van der Waals surface area contributed by atoms with Crippen LogP contribution in [-0.4, -0.2) is 22.8 Å². The molecule has 4 nitrogen and oxygen atoms in total. The van der Waals surface area contributed by atoms with Crippen molar-refractivity contribution in [3.05, 3.63) is 60.3 Å². The van der Waals surface area contributed by atoms with E-state index in [1.54, 1.807) is 6.20 Å². The van der Waals surface area contributed by atoms with E-state index >= 15 is 0 Å². The molecule has 0 spiro atoms. The molecule has 20 heavy (non-hydrogen) atoms. The lowest BCUT2D eigenvalue weighted by Crippen LogP contribution is -2.53. The minimum absolute atomic E-state index is 0.233. The van der Waals surface area contributed by atoms with Crippen molar-refractivity contribution in [1.29, 1.82) is 0 Å². The molecule has 1 saturated heterocycles.